The summed E-state index contributed by atoms with van der Waals surface area (Å²) in [6, 6.07) is 12.2. The summed E-state index contributed by atoms with van der Waals surface area (Å²) in [7, 11) is 0. The number of aromatic carboxylic acids is 1. The predicted molar refractivity (Wildman–Crippen MR) is 80.9 cm³/mol. The Morgan fingerprint density at radius 2 is 1.83 bits per heavy atom. The Kier molecular flexibility index (Phi) is 4.08. The molecule has 0 amide bonds. The minimum Gasteiger partial charge on any atom is -0.478 e. The Morgan fingerprint density at radius 3 is 2.39 bits per heavy atom. The van der Waals surface area contributed by atoms with Crippen LogP contribution in [-0.4, -0.2) is 11.1 Å². The van der Waals surface area contributed by atoms with Gasteiger partial charge in [-0.1, -0.05) is 11.6 Å². The van der Waals surface area contributed by atoms with Crippen molar-refractivity contribution in [2.45, 2.75) is 0 Å². The van der Waals surface area contributed by atoms with E-state index in [1.54, 1.807) is 24.3 Å². The number of hydrogen-bond donors (Lipinski definition) is 2. The molecule has 2 N–H and O–H groups in total. The van der Waals surface area contributed by atoms with Gasteiger partial charge in [-0.2, -0.15) is 0 Å². The first kappa shape index (κ1) is 13.2. The van der Waals surface area contributed by atoms with E-state index < -0.39 is 5.97 Å². The molecule has 0 aliphatic carbocycles. The topological polar surface area (TPSA) is 49.3 Å². The maximum absolute atomic E-state index is 10.7. The highest BCUT2D eigenvalue weighted by Crippen LogP contribution is 2.27. The highest BCUT2D eigenvalue weighted by atomic mass is 127. The summed E-state index contributed by atoms with van der Waals surface area (Å²) in [6.45, 7) is 0. The second-order valence-corrected chi connectivity index (χ2v) is 5.28. The third-order valence-corrected chi connectivity index (χ3v) is 3.33. The Morgan fingerprint density at radius 1 is 1.17 bits per heavy atom. The van der Waals surface area contributed by atoms with Crippen molar-refractivity contribution >= 4 is 51.5 Å². The van der Waals surface area contributed by atoms with Crippen molar-refractivity contribution in [3.05, 3.63) is 56.6 Å². The van der Waals surface area contributed by atoms with Gasteiger partial charge in [0, 0.05) is 9.26 Å². The van der Waals surface area contributed by atoms with Gasteiger partial charge in [0.15, 0.2) is 0 Å². The Labute approximate surface area is 123 Å². The Hall–Kier alpha value is -1.27. The van der Waals surface area contributed by atoms with Crippen LogP contribution in [0.25, 0.3) is 0 Å². The van der Waals surface area contributed by atoms with Crippen molar-refractivity contribution < 1.29 is 9.90 Å². The molecule has 0 aromatic heterocycles. The fourth-order valence-corrected chi connectivity index (χ4v) is 2.35. The quantitative estimate of drug-likeness (QED) is 0.785. The van der Waals surface area contributed by atoms with Crippen molar-refractivity contribution in [1.82, 2.24) is 0 Å². The number of carboxylic acids is 1. The first-order valence-corrected chi connectivity index (χ1v) is 6.57. The third kappa shape index (κ3) is 3.14. The second kappa shape index (κ2) is 5.58. The third-order valence-electron chi connectivity index (χ3n) is 2.34. The van der Waals surface area contributed by atoms with E-state index in [4.69, 9.17) is 16.7 Å². The van der Waals surface area contributed by atoms with Crippen LogP contribution in [0.3, 0.4) is 0 Å². The SMILES string of the molecule is O=C(O)c1ccc(Nc2ccc(I)cc2Cl)cc1. The number of carbonyl (C=O) groups is 1. The predicted octanol–water partition coefficient (Wildman–Crippen LogP) is 4.39. The molecule has 3 nitrogen and oxygen atoms in total. The lowest BCUT2D eigenvalue weighted by molar-refractivity contribution is 0.0697. The molecule has 0 fully saturated rings. The minimum atomic E-state index is -0.936. The number of hydrogen-bond acceptors (Lipinski definition) is 2. The summed E-state index contributed by atoms with van der Waals surface area (Å²) in [5, 5.41) is 12.6. The van der Waals surface area contributed by atoms with E-state index in [-0.39, 0.29) is 5.56 Å². The fraction of sp³-hybridized carbons (Fsp3) is 0. The van der Waals surface area contributed by atoms with Gasteiger partial charge in [-0.25, -0.2) is 4.79 Å². The van der Waals surface area contributed by atoms with Crippen molar-refractivity contribution in [3.63, 3.8) is 0 Å². The highest BCUT2D eigenvalue weighted by Gasteiger charge is 2.04. The summed E-state index contributed by atoms with van der Waals surface area (Å²) >= 11 is 8.29. The molecule has 0 heterocycles. The molecule has 2 aromatic rings. The van der Waals surface area contributed by atoms with Crippen LogP contribution < -0.4 is 5.32 Å². The van der Waals surface area contributed by atoms with Crippen LogP contribution in [0, 0.1) is 3.57 Å². The average Bonchev–Trinajstić information content (AvgIpc) is 2.33. The summed E-state index contributed by atoms with van der Waals surface area (Å²) in [6.07, 6.45) is 0. The molecule has 0 spiro atoms. The van der Waals surface area contributed by atoms with Crippen LogP contribution in [0.2, 0.25) is 5.02 Å². The van der Waals surface area contributed by atoms with Crippen LogP contribution in [0.5, 0.6) is 0 Å². The van der Waals surface area contributed by atoms with Crippen LogP contribution in [-0.2, 0) is 0 Å². The number of nitrogens with one attached hydrogen (secondary N) is 1. The van der Waals surface area contributed by atoms with Gasteiger partial charge < -0.3 is 10.4 Å². The zero-order valence-electron chi connectivity index (χ0n) is 9.15. The smallest absolute Gasteiger partial charge is 0.335 e. The van der Waals surface area contributed by atoms with Crippen LogP contribution >= 0.6 is 34.2 Å². The molecule has 18 heavy (non-hydrogen) atoms. The van der Waals surface area contributed by atoms with E-state index in [0.717, 1.165) is 14.9 Å². The number of rotatable bonds is 3. The zero-order valence-corrected chi connectivity index (χ0v) is 12.1. The Balaban J connectivity index is 2.21. The zero-order chi connectivity index (χ0) is 13.1. The van der Waals surface area contributed by atoms with Gasteiger partial charge in [0.2, 0.25) is 0 Å². The molecule has 5 heteroatoms. The minimum absolute atomic E-state index is 0.259. The molecule has 92 valence electrons. The van der Waals surface area contributed by atoms with E-state index in [0.29, 0.717) is 5.02 Å². The monoisotopic (exact) mass is 373 g/mol. The second-order valence-electron chi connectivity index (χ2n) is 3.63. The van der Waals surface area contributed by atoms with E-state index in [9.17, 15) is 4.79 Å². The standard InChI is InChI=1S/C13H9ClINO2/c14-11-7-9(15)3-6-12(11)16-10-4-1-8(2-5-10)13(17)18/h1-7,16H,(H,17,18). The first-order valence-electron chi connectivity index (χ1n) is 5.12. The van der Waals surface area contributed by atoms with Gasteiger partial charge in [0.25, 0.3) is 0 Å². The van der Waals surface area contributed by atoms with Crippen molar-refractivity contribution in [3.8, 4) is 0 Å². The largest absolute Gasteiger partial charge is 0.478 e. The van der Waals surface area contributed by atoms with E-state index in [1.165, 1.54) is 0 Å². The fourth-order valence-electron chi connectivity index (χ4n) is 1.44. The lowest BCUT2D eigenvalue weighted by Crippen LogP contribution is -1.97. The molecule has 0 atom stereocenters. The summed E-state index contributed by atoms with van der Waals surface area (Å²) < 4.78 is 1.06. The van der Waals surface area contributed by atoms with Gasteiger partial charge in [-0.15, -0.1) is 0 Å². The molecule has 0 bridgehead atoms. The lowest BCUT2D eigenvalue weighted by atomic mass is 10.2. The number of halogens is 2. The highest BCUT2D eigenvalue weighted by molar-refractivity contribution is 14.1. The van der Waals surface area contributed by atoms with Crippen LogP contribution in [0.1, 0.15) is 10.4 Å². The van der Waals surface area contributed by atoms with Gasteiger partial charge in [-0.3, -0.25) is 0 Å². The van der Waals surface area contributed by atoms with E-state index in [2.05, 4.69) is 27.9 Å². The summed E-state index contributed by atoms with van der Waals surface area (Å²) in [5.41, 5.74) is 1.84. The molecular formula is C13H9ClINO2. The molecule has 0 aliphatic rings. The Bertz CT molecular complexity index is 584. The van der Waals surface area contributed by atoms with Crippen molar-refractivity contribution in [2.75, 3.05) is 5.32 Å². The van der Waals surface area contributed by atoms with Crippen molar-refractivity contribution in [2.24, 2.45) is 0 Å². The average molecular weight is 374 g/mol. The van der Waals surface area contributed by atoms with E-state index in [1.807, 2.05) is 18.2 Å². The molecular weight excluding hydrogens is 365 g/mol. The lowest BCUT2D eigenvalue weighted by Gasteiger charge is -2.08. The molecule has 0 saturated carbocycles. The molecule has 2 rings (SSSR count). The van der Waals surface area contributed by atoms with Gasteiger partial charge in [-0.05, 0) is 65.1 Å². The van der Waals surface area contributed by atoms with Crippen LogP contribution in [0.15, 0.2) is 42.5 Å². The van der Waals surface area contributed by atoms with Gasteiger partial charge in [0.1, 0.15) is 0 Å². The molecule has 0 radical (unpaired) electrons. The van der Waals surface area contributed by atoms with Crippen LogP contribution in [0.4, 0.5) is 11.4 Å². The summed E-state index contributed by atoms with van der Waals surface area (Å²) in [4.78, 5) is 10.7. The molecule has 0 aliphatic heterocycles. The van der Waals surface area contributed by atoms with E-state index >= 15 is 0 Å². The first-order chi connectivity index (χ1) is 8.56. The molecule has 0 unspecified atom stereocenters. The number of anilines is 2. The maximum Gasteiger partial charge on any atom is 0.335 e. The van der Waals surface area contributed by atoms with Crippen molar-refractivity contribution in [1.29, 1.82) is 0 Å². The molecule has 0 saturated heterocycles. The maximum atomic E-state index is 10.7. The summed E-state index contributed by atoms with van der Waals surface area (Å²) in [5.74, 6) is -0.936. The number of carboxylic acid groups (broad SMARTS) is 1. The molecule has 2 aromatic carbocycles. The van der Waals surface area contributed by atoms with Gasteiger partial charge in [0.05, 0.1) is 16.3 Å². The van der Waals surface area contributed by atoms with Gasteiger partial charge >= 0.3 is 5.97 Å². The number of benzene rings is 2. The normalized spacial score (nSPS) is 10.1.